The summed E-state index contributed by atoms with van der Waals surface area (Å²) in [5, 5.41) is 44.2. The zero-order chi connectivity index (χ0) is 33.0. The lowest BCUT2D eigenvalue weighted by Crippen LogP contribution is -2.60. The molecule has 43 heavy (non-hydrogen) atoms. The molecule has 0 saturated carbocycles. The van der Waals surface area contributed by atoms with E-state index in [0.29, 0.717) is 12.8 Å². The first kappa shape index (κ1) is 38.3. The molecule has 12 heteroatoms. The second kappa shape index (κ2) is 15.6. The summed E-state index contributed by atoms with van der Waals surface area (Å²) in [6.45, 7) is 14.3. The summed E-state index contributed by atoms with van der Waals surface area (Å²) in [6, 6.07) is -0.417. The van der Waals surface area contributed by atoms with Crippen LogP contribution in [0.2, 0.25) is 0 Å². The standard InChI is InChI=1S/C31H60N2O10/c1-12-21(32)16(2)14-30(7,38)27(43-29-24(34)22(33(9)10)13-17(3)40-29)18(4)25(19(5)28(36)37)42-23-15-31(8,39-11)26(35)20(6)41-23/h16-27,29,34-35,38H,12-15,32H2,1-11H3,(H,36,37)/t16-,17?,18+,19-,20?,21?,22?,23+,24-,25+,26+,27-,29+,30?,31-/m1/s1. The van der Waals surface area contributed by atoms with Gasteiger partial charge in [0.1, 0.15) is 12.2 Å². The van der Waals surface area contributed by atoms with Gasteiger partial charge in [-0.05, 0) is 73.9 Å². The summed E-state index contributed by atoms with van der Waals surface area (Å²) in [6.07, 6.45) is -5.08. The number of nitrogens with two attached hydrogens (primary N) is 1. The lowest BCUT2D eigenvalue weighted by atomic mass is 9.76. The van der Waals surface area contributed by atoms with E-state index < -0.39 is 72.1 Å². The number of carbonyl (C=O) groups is 1. The number of carboxylic acids is 1. The number of rotatable bonds is 15. The van der Waals surface area contributed by atoms with Gasteiger partial charge < -0.3 is 54.7 Å². The minimum absolute atomic E-state index is 0.0911. The van der Waals surface area contributed by atoms with Crippen LogP contribution < -0.4 is 5.73 Å². The summed E-state index contributed by atoms with van der Waals surface area (Å²) in [5.41, 5.74) is 3.84. The van der Waals surface area contributed by atoms with Gasteiger partial charge in [-0.2, -0.15) is 0 Å². The lowest BCUT2D eigenvalue weighted by Gasteiger charge is -2.48. The van der Waals surface area contributed by atoms with Crippen LogP contribution in [-0.2, 0) is 28.5 Å². The number of hydrogen-bond donors (Lipinski definition) is 5. The zero-order valence-electron chi connectivity index (χ0n) is 28.1. The Morgan fingerprint density at radius 1 is 1.16 bits per heavy atom. The predicted molar refractivity (Wildman–Crippen MR) is 161 cm³/mol. The molecule has 0 aromatic heterocycles. The van der Waals surface area contributed by atoms with Crippen molar-refractivity contribution in [1.82, 2.24) is 4.90 Å². The Morgan fingerprint density at radius 3 is 2.28 bits per heavy atom. The van der Waals surface area contributed by atoms with Crippen molar-refractivity contribution in [3.05, 3.63) is 0 Å². The van der Waals surface area contributed by atoms with Crippen LogP contribution in [-0.4, -0.2) is 125 Å². The van der Waals surface area contributed by atoms with Crippen LogP contribution in [0, 0.1) is 17.8 Å². The molecule has 0 spiro atoms. The first-order valence-electron chi connectivity index (χ1n) is 15.7. The van der Waals surface area contributed by atoms with E-state index in [1.54, 1.807) is 27.7 Å². The van der Waals surface area contributed by atoms with Crippen LogP contribution in [0.15, 0.2) is 0 Å². The number of ether oxygens (including phenoxy) is 5. The van der Waals surface area contributed by atoms with Gasteiger partial charge in [-0.25, -0.2) is 0 Å². The normalized spacial score (nSPS) is 37.6. The maximum Gasteiger partial charge on any atom is 0.308 e. The third-order valence-corrected chi connectivity index (χ3v) is 9.77. The Morgan fingerprint density at radius 2 is 1.77 bits per heavy atom. The van der Waals surface area contributed by atoms with Gasteiger partial charge in [0.25, 0.3) is 0 Å². The van der Waals surface area contributed by atoms with Crippen LogP contribution in [0.3, 0.4) is 0 Å². The number of nitrogens with zero attached hydrogens (tertiary/aromatic N) is 1. The summed E-state index contributed by atoms with van der Waals surface area (Å²) in [7, 11) is 5.25. The largest absolute Gasteiger partial charge is 0.481 e. The molecule has 0 aliphatic carbocycles. The molecule has 6 N–H and O–H groups in total. The Hall–Kier alpha value is -0.930. The molecule has 5 unspecified atom stereocenters. The average Bonchev–Trinajstić information content (AvgIpc) is 2.92. The molecule has 0 aromatic carbocycles. The number of aliphatic hydroxyl groups excluding tert-OH is 2. The highest BCUT2D eigenvalue weighted by molar-refractivity contribution is 5.70. The molecule has 2 aliphatic rings. The molecule has 15 atom stereocenters. The Labute approximate surface area is 258 Å². The molecular formula is C31H60N2O10. The topological polar surface area (TPSA) is 173 Å². The maximum absolute atomic E-state index is 12.4. The second-order valence-corrected chi connectivity index (χ2v) is 13.8. The van der Waals surface area contributed by atoms with E-state index in [0.717, 1.165) is 0 Å². The zero-order valence-corrected chi connectivity index (χ0v) is 28.1. The molecule has 2 saturated heterocycles. The number of carboxylic acid groups (broad SMARTS) is 1. The van der Waals surface area contributed by atoms with Crippen molar-refractivity contribution in [3.8, 4) is 0 Å². The smallest absolute Gasteiger partial charge is 0.308 e. The molecule has 0 amide bonds. The minimum atomic E-state index is -1.51. The van der Waals surface area contributed by atoms with Crippen LogP contribution in [0.5, 0.6) is 0 Å². The lowest BCUT2D eigenvalue weighted by molar-refractivity contribution is -0.317. The van der Waals surface area contributed by atoms with Crippen LogP contribution in [0.1, 0.15) is 81.1 Å². The fourth-order valence-corrected chi connectivity index (χ4v) is 6.74. The van der Waals surface area contributed by atoms with Crippen molar-refractivity contribution in [2.24, 2.45) is 23.5 Å². The van der Waals surface area contributed by atoms with Gasteiger partial charge in [0.2, 0.25) is 0 Å². The molecule has 254 valence electrons. The number of aliphatic carboxylic acids is 1. The minimum Gasteiger partial charge on any atom is -0.481 e. The van der Waals surface area contributed by atoms with Crippen molar-refractivity contribution in [1.29, 1.82) is 0 Å². The van der Waals surface area contributed by atoms with Crippen molar-refractivity contribution < 1.29 is 48.9 Å². The van der Waals surface area contributed by atoms with E-state index in [-0.39, 0.29) is 36.9 Å². The highest BCUT2D eigenvalue weighted by Crippen LogP contribution is 2.39. The van der Waals surface area contributed by atoms with E-state index in [1.807, 2.05) is 39.8 Å². The quantitative estimate of drug-likeness (QED) is 0.180. The molecule has 2 fully saturated rings. The monoisotopic (exact) mass is 620 g/mol. The Bertz CT molecular complexity index is 878. The number of hydrogen-bond acceptors (Lipinski definition) is 11. The Kier molecular flexibility index (Phi) is 13.9. The molecule has 0 radical (unpaired) electrons. The third kappa shape index (κ3) is 9.31. The van der Waals surface area contributed by atoms with Crippen molar-refractivity contribution in [3.63, 3.8) is 0 Å². The van der Waals surface area contributed by atoms with Crippen LogP contribution in [0.25, 0.3) is 0 Å². The fraction of sp³-hybridized carbons (Fsp3) is 0.968. The first-order chi connectivity index (χ1) is 19.8. The van der Waals surface area contributed by atoms with Gasteiger partial charge in [-0.1, -0.05) is 20.8 Å². The van der Waals surface area contributed by atoms with Gasteiger partial charge in [-0.15, -0.1) is 0 Å². The van der Waals surface area contributed by atoms with Gasteiger partial charge in [0.15, 0.2) is 12.6 Å². The summed E-state index contributed by atoms with van der Waals surface area (Å²) < 4.78 is 30.6. The van der Waals surface area contributed by atoms with Gasteiger partial charge in [-0.3, -0.25) is 4.79 Å². The Balaban J connectivity index is 2.51. The van der Waals surface area contributed by atoms with Crippen LogP contribution >= 0.6 is 0 Å². The van der Waals surface area contributed by atoms with E-state index in [2.05, 4.69) is 0 Å². The fourth-order valence-electron chi connectivity index (χ4n) is 6.74. The number of likely N-dealkylation sites (N-methyl/N-ethyl adjacent to an activating group) is 1. The van der Waals surface area contributed by atoms with Gasteiger partial charge in [0.05, 0.1) is 41.5 Å². The third-order valence-electron chi connectivity index (χ3n) is 9.77. The average molecular weight is 621 g/mol. The highest BCUT2D eigenvalue weighted by atomic mass is 16.7. The van der Waals surface area contributed by atoms with E-state index in [9.17, 15) is 25.2 Å². The number of aliphatic hydroxyl groups is 3. The number of methoxy groups -OCH3 is 1. The molecule has 12 nitrogen and oxygen atoms in total. The van der Waals surface area contributed by atoms with Gasteiger partial charge in [0, 0.05) is 31.5 Å². The predicted octanol–water partition coefficient (Wildman–Crippen LogP) is 1.96. The van der Waals surface area contributed by atoms with Crippen molar-refractivity contribution in [2.45, 2.75) is 154 Å². The summed E-state index contributed by atoms with van der Waals surface area (Å²) in [4.78, 5) is 14.3. The van der Waals surface area contributed by atoms with Gasteiger partial charge >= 0.3 is 5.97 Å². The molecule has 2 rings (SSSR count). The second-order valence-electron chi connectivity index (χ2n) is 13.8. The SMILES string of the molecule is CCC(N)[C@H](C)CC(C)(O)[C@H](O[C@@H]1OC(C)CC(N(C)C)[C@H]1O)[C@@H](C)[C@H](O[C@H]1C[C@@](C)(OC)[C@@H](O)C(C)O1)[C@@H](C)C(=O)O. The summed E-state index contributed by atoms with van der Waals surface area (Å²) in [5.74, 6) is -2.94. The first-order valence-corrected chi connectivity index (χ1v) is 15.7. The van der Waals surface area contributed by atoms with Crippen molar-refractivity contribution >= 4 is 5.97 Å². The molecule has 0 aromatic rings. The molecule has 2 aliphatic heterocycles. The van der Waals surface area contributed by atoms with Crippen molar-refractivity contribution in [2.75, 3.05) is 21.2 Å². The van der Waals surface area contributed by atoms with E-state index >= 15 is 0 Å². The maximum atomic E-state index is 12.4. The molecular weight excluding hydrogens is 560 g/mol. The highest BCUT2D eigenvalue weighted by Gasteiger charge is 2.51. The summed E-state index contributed by atoms with van der Waals surface area (Å²) >= 11 is 0. The van der Waals surface area contributed by atoms with E-state index in [1.165, 1.54) is 14.0 Å². The molecule has 2 heterocycles. The van der Waals surface area contributed by atoms with E-state index in [4.69, 9.17) is 29.4 Å². The van der Waals surface area contributed by atoms with Crippen LogP contribution in [0.4, 0.5) is 0 Å². The molecule has 0 bridgehead atoms.